The zero-order chi connectivity index (χ0) is 15.0. The largest absolute Gasteiger partial charge is 0.0781 e. The lowest BCUT2D eigenvalue weighted by molar-refractivity contribution is 1.68. The van der Waals surface area contributed by atoms with Crippen LogP contribution in [0.5, 0.6) is 0 Å². The lowest BCUT2D eigenvalue weighted by Crippen LogP contribution is -2.37. The Hall–Kier alpha value is -1.69. The van der Waals surface area contributed by atoms with Gasteiger partial charge in [0, 0.05) is 0 Å². The van der Waals surface area contributed by atoms with E-state index in [2.05, 4.69) is 91.0 Å². The Labute approximate surface area is 140 Å². The van der Waals surface area contributed by atoms with Gasteiger partial charge in [-0.3, -0.25) is 0 Å². The van der Waals surface area contributed by atoms with Gasteiger partial charge in [-0.1, -0.05) is 111 Å². The molecule has 0 fully saturated rings. The smallest absolute Gasteiger partial charge is 0.0645 e. The Morgan fingerprint density at radius 1 is 0.409 bits per heavy atom. The molecule has 6 radical (unpaired) electrons. The molecule has 0 aliphatic heterocycles. The molecular weight excluding hydrogens is 312 g/mol. The zero-order valence-corrected chi connectivity index (χ0v) is 15.2. The van der Waals surface area contributed by atoms with Crippen molar-refractivity contribution in [2.45, 2.75) is 4.79 Å². The Bertz CT molecular complexity index is 570. The minimum Gasteiger partial charge on any atom is -0.0645 e. The van der Waals surface area contributed by atoms with Crippen molar-refractivity contribution < 1.29 is 0 Å². The predicted molar refractivity (Wildman–Crippen MR) is 99.2 cm³/mol. The molecule has 3 rings (SSSR count). The quantitative estimate of drug-likeness (QED) is 0.605. The van der Waals surface area contributed by atoms with Crippen LogP contribution in [0.15, 0.2) is 91.0 Å². The Morgan fingerprint density at radius 3 is 0.955 bits per heavy atom. The number of rotatable bonds is 6. The molecule has 0 bridgehead atoms. The summed E-state index contributed by atoms with van der Waals surface area (Å²) in [7, 11) is 2.61. The van der Waals surface area contributed by atoms with E-state index in [1.165, 1.54) is 15.6 Å². The fraction of sp³-hybridized carbons (Fsp3) is 0.0526. The molecule has 0 N–H and O–H groups in total. The average Bonchev–Trinajstić information content (AvgIpc) is 2.57. The van der Waals surface area contributed by atoms with E-state index in [1.54, 1.807) is 0 Å². The summed E-state index contributed by atoms with van der Waals surface area (Å²) in [6.07, 6.45) is 0. The van der Waals surface area contributed by atoms with Gasteiger partial charge in [-0.2, -0.15) is 0 Å². The molecule has 0 nitrogen and oxygen atoms in total. The van der Waals surface area contributed by atoms with E-state index in [1.807, 2.05) is 0 Å². The second kappa shape index (κ2) is 8.08. The molecule has 3 aromatic rings. The van der Waals surface area contributed by atoms with Gasteiger partial charge in [-0.05, 0) is 0 Å². The summed E-state index contributed by atoms with van der Waals surface area (Å²) < 4.78 is 0. The van der Waals surface area contributed by atoms with Crippen molar-refractivity contribution >= 4 is 44.1 Å². The third-order valence-electron chi connectivity index (χ3n) is 3.25. The normalized spacial score (nSPS) is 10.8. The first-order valence-corrected chi connectivity index (χ1v) is 10.6. The van der Waals surface area contributed by atoms with Gasteiger partial charge in [0.15, 0.2) is 0 Å². The summed E-state index contributed by atoms with van der Waals surface area (Å²) in [5, 5.41) is 4.41. The van der Waals surface area contributed by atoms with Crippen LogP contribution in [-0.4, -0.2) is 28.6 Å². The molecule has 0 aromatic heterocycles. The van der Waals surface area contributed by atoms with Crippen LogP contribution in [0, 0.1) is 0 Å². The van der Waals surface area contributed by atoms with Crippen molar-refractivity contribution in [2.24, 2.45) is 0 Å². The van der Waals surface area contributed by atoms with Gasteiger partial charge in [0.05, 0.1) is 28.6 Å². The minimum atomic E-state index is 0.715. The van der Waals surface area contributed by atoms with E-state index < -0.39 is 0 Å². The first kappa shape index (κ1) is 15.2. The lowest BCUT2D eigenvalue weighted by atomic mass is 10.4. The lowest BCUT2D eigenvalue weighted by Gasteiger charge is -2.15. The van der Waals surface area contributed by atoms with Crippen LogP contribution in [0.2, 0.25) is 4.79 Å². The second-order valence-corrected chi connectivity index (χ2v) is 11.0. The number of hydrogen-bond acceptors (Lipinski definition) is 0. The summed E-state index contributed by atoms with van der Waals surface area (Å²) in [5.41, 5.74) is 0. The molecule has 0 saturated heterocycles. The van der Waals surface area contributed by atoms with Crippen LogP contribution in [0.4, 0.5) is 0 Å². The van der Waals surface area contributed by atoms with Crippen LogP contribution in [0.25, 0.3) is 0 Å². The third-order valence-corrected chi connectivity index (χ3v) is 8.72. The Morgan fingerprint density at radius 2 is 0.682 bits per heavy atom. The predicted octanol–water partition coefficient (Wildman–Crippen LogP) is 1.78. The van der Waals surface area contributed by atoms with E-state index in [0.29, 0.717) is 4.79 Å². The number of hydrogen-bond donors (Lipinski definition) is 0. The van der Waals surface area contributed by atoms with Crippen LogP contribution in [-0.2, 0) is 0 Å². The summed E-state index contributed by atoms with van der Waals surface area (Å²) in [4.78, 5) is 0.715. The topological polar surface area (TPSA) is 0 Å². The Kier molecular flexibility index (Phi) is 5.59. The highest BCUT2D eigenvalue weighted by Gasteiger charge is 2.15. The van der Waals surface area contributed by atoms with Gasteiger partial charge >= 0.3 is 0 Å². The van der Waals surface area contributed by atoms with E-state index in [0.717, 1.165) is 28.6 Å². The summed E-state index contributed by atoms with van der Waals surface area (Å²) in [5.74, 6) is 0. The van der Waals surface area contributed by atoms with Gasteiger partial charge in [-0.15, -0.1) is 0 Å². The van der Waals surface area contributed by atoms with Gasteiger partial charge in [0.25, 0.3) is 0 Å². The molecule has 0 amide bonds. The maximum Gasteiger partial charge on any atom is 0.0781 e. The molecule has 0 aliphatic carbocycles. The van der Waals surface area contributed by atoms with Gasteiger partial charge in [0.1, 0.15) is 0 Å². The van der Waals surface area contributed by atoms with Crippen molar-refractivity contribution in [3.63, 3.8) is 0 Å². The summed E-state index contributed by atoms with van der Waals surface area (Å²) in [6.45, 7) is 0. The molecule has 0 saturated carbocycles. The van der Waals surface area contributed by atoms with E-state index in [9.17, 15) is 0 Å². The third kappa shape index (κ3) is 4.66. The van der Waals surface area contributed by atoms with Crippen LogP contribution in [0.1, 0.15) is 0 Å². The van der Waals surface area contributed by atoms with Crippen molar-refractivity contribution in [3.05, 3.63) is 91.0 Å². The van der Waals surface area contributed by atoms with Crippen LogP contribution < -0.4 is 15.6 Å². The molecular formula is C19H16Si3. The fourth-order valence-electron chi connectivity index (χ4n) is 2.21. The van der Waals surface area contributed by atoms with E-state index >= 15 is 0 Å². The SMILES string of the molecule is c1ccc([Si]C([Si]c2ccccc2)[Si]c2ccccc2)cc1. The standard InChI is InChI=1S/C19H16Si3/c1-4-10-16(11-5-1)20-19(21-17-12-6-2-7-13-17)22-18-14-8-3-9-15-18/h1-15,19H. The van der Waals surface area contributed by atoms with Gasteiger partial charge in [-0.25, -0.2) is 0 Å². The van der Waals surface area contributed by atoms with Crippen molar-refractivity contribution in [1.82, 2.24) is 0 Å². The van der Waals surface area contributed by atoms with Gasteiger partial charge < -0.3 is 0 Å². The monoisotopic (exact) mass is 328 g/mol. The average molecular weight is 329 g/mol. The maximum absolute atomic E-state index is 2.26. The highest BCUT2D eigenvalue weighted by molar-refractivity contribution is 6.89. The number of benzene rings is 3. The highest BCUT2D eigenvalue weighted by Crippen LogP contribution is 2.01. The molecule has 0 heterocycles. The summed E-state index contributed by atoms with van der Waals surface area (Å²) >= 11 is 0. The van der Waals surface area contributed by atoms with Crippen molar-refractivity contribution in [2.75, 3.05) is 0 Å². The van der Waals surface area contributed by atoms with Crippen molar-refractivity contribution in [1.29, 1.82) is 0 Å². The molecule has 0 aliphatic rings. The zero-order valence-electron chi connectivity index (χ0n) is 12.2. The fourth-order valence-corrected chi connectivity index (χ4v) is 8.23. The van der Waals surface area contributed by atoms with Gasteiger partial charge in [0.2, 0.25) is 0 Å². The van der Waals surface area contributed by atoms with Crippen LogP contribution >= 0.6 is 0 Å². The van der Waals surface area contributed by atoms with Crippen molar-refractivity contribution in [3.8, 4) is 0 Å². The second-order valence-electron chi connectivity index (χ2n) is 4.96. The summed E-state index contributed by atoms with van der Waals surface area (Å²) in [6, 6.07) is 32.8. The molecule has 0 unspecified atom stereocenters. The van der Waals surface area contributed by atoms with Crippen LogP contribution in [0.3, 0.4) is 0 Å². The van der Waals surface area contributed by atoms with E-state index in [4.69, 9.17) is 0 Å². The first-order chi connectivity index (χ1) is 10.9. The minimum absolute atomic E-state index is 0.715. The van der Waals surface area contributed by atoms with E-state index in [-0.39, 0.29) is 0 Å². The molecule has 0 atom stereocenters. The molecule has 0 spiro atoms. The first-order valence-electron chi connectivity index (χ1n) is 7.35. The molecule has 3 aromatic carbocycles. The highest BCUT2D eigenvalue weighted by atomic mass is 28.3. The maximum atomic E-state index is 2.26. The molecule has 104 valence electrons. The molecule has 3 heteroatoms. The Balaban J connectivity index is 1.75. The molecule has 22 heavy (non-hydrogen) atoms.